The summed E-state index contributed by atoms with van der Waals surface area (Å²) in [6, 6.07) is 13.0. The van der Waals surface area contributed by atoms with Crippen molar-refractivity contribution < 1.29 is 23.5 Å². The van der Waals surface area contributed by atoms with Gasteiger partial charge in [0.05, 0.1) is 0 Å². The summed E-state index contributed by atoms with van der Waals surface area (Å²) in [5.41, 5.74) is 0.998. The van der Waals surface area contributed by atoms with Crippen molar-refractivity contribution in [2.75, 3.05) is 6.61 Å². The molecule has 2 aromatic carbocycles. The van der Waals surface area contributed by atoms with E-state index in [0.717, 1.165) is 4.47 Å². The monoisotopic (exact) mass is 430 g/mol. The Balaban J connectivity index is 1.61. The molecule has 0 amide bonds. The van der Waals surface area contributed by atoms with E-state index in [9.17, 15) is 14.4 Å². The molecule has 0 atom stereocenters. The van der Waals surface area contributed by atoms with E-state index in [1.807, 2.05) is 6.07 Å². The van der Waals surface area contributed by atoms with Crippen molar-refractivity contribution >= 4 is 38.7 Å². The Bertz CT molecular complexity index is 1050. The fraction of sp³-hybridized carbons (Fsp3) is 0.150. The van der Waals surface area contributed by atoms with Gasteiger partial charge in [0.1, 0.15) is 17.9 Å². The molecule has 3 rings (SSSR count). The first-order valence-corrected chi connectivity index (χ1v) is 8.83. The summed E-state index contributed by atoms with van der Waals surface area (Å²) in [6.45, 7) is 1.11. The summed E-state index contributed by atoms with van der Waals surface area (Å²) in [5.74, 6) is -0.177. The molecule has 1 aromatic heterocycles. The van der Waals surface area contributed by atoms with E-state index in [1.54, 1.807) is 36.4 Å². The van der Waals surface area contributed by atoms with Gasteiger partial charge in [-0.25, -0.2) is 9.59 Å². The number of carbonyl (C=O) groups excluding carboxylic acids is 2. The number of fused-ring (bicyclic) bond motifs is 1. The molecule has 0 unspecified atom stereocenters. The first kappa shape index (κ1) is 18.8. The topological polar surface area (TPSA) is 82.8 Å². The van der Waals surface area contributed by atoms with Crippen LogP contribution < -0.4 is 10.4 Å². The van der Waals surface area contributed by atoms with Crippen molar-refractivity contribution in [2.24, 2.45) is 0 Å². The van der Waals surface area contributed by atoms with Gasteiger partial charge in [0.25, 0.3) is 0 Å². The van der Waals surface area contributed by atoms with Gasteiger partial charge in [-0.3, -0.25) is 4.79 Å². The van der Waals surface area contributed by atoms with Gasteiger partial charge < -0.3 is 13.9 Å². The van der Waals surface area contributed by atoms with E-state index in [2.05, 4.69) is 15.9 Å². The van der Waals surface area contributed by atoms with E-state index < -0.39 is 11.6 Å². The van der Waals surface area contributed by atoms with E-state index in [0.29, 0.717) is 27.8 Å². The summed E-state index contributed by atoms with van der Waals surface area (Å²) < 4.78 is 16.5. The van der Waals surface area contributed by atoms with Crippen molar-refractivity contribution in [3.8, 4) is 5.75 Å². The van der Waals surface area contributed by atoms with Crippen LogP contribution in [0.15, 0.2) is 62.2 Å². The van der Waals surface area contributed by atoms with Crippen molar-refractivity contribution in [3.05, 3.63) is 74.6 Å². The molecule has 0 saturated heterocycles. The third kappa shape index (κ3) is 4.83. The third-order valence-electron chi connectivity index (χ3n) is 3.80. The van der Waals surface area contributed by atoms with E-state index >= 15 is 0 Å². The van der Waals surface area contributed by atoms with Gasteiger partial charge in [0, 0.05) is 27.1 Å². The van der Waals surface area contributed by atoms with Crippen molar-refractivity contribution in [3.63, 3.8) is 0 Å². The second-order valence-electron chi connectivity index (χ2n) is 5.76. The highest BCUT2D eigenvalue weighted by Gasteiger charge is 2.10. The summed E-state index contributed by atoms with van der Waals surface area (Å²) >= 11 is 3.32. The SMILES string of the molecule is CC(=O)c1ccc(OCC(=O)OCc2cc(=O)oc3cc(Br)ccc23)cc1. The Morgan fingerprint density at radius 1 is 1.07 bits per heavy atom. The molecule has 138 valence electrons. The first-order valence-electron chi connectivity index (χ1n) is 8.04. The standard InChI is InChI=1S/C20H15BrO6/c1-12(22)13-2-5-16(6-3-13)25-11-20(24)26-10-14-8-19(23)27-18-9-15(21)4-7-17(14)18/h2-9H,10-11H2,1H3. The van der Waals surface area contributed by atoms with E-state index in [1.165, 1.54) is 13.0 Å². The zero-order chi connectivity index (χ0) is 19.4. The fourth-order valence-electron chi connectivity index (χ4n) is 2.45. The second-order valence-corrected chi connectivity index (χ2v) is 6.68. The molecule has 0 fully saturated rings. The third-order valence-corrected chi connectivity index (χ3v) is 4.29. The number of ether oxygens (including phenoxy) is 2. The van der Waals surface area contributed by atoms with E-state index in [4.69, 9.17) is 13.9 Å². The largest absolute Gasteiger partial charge is 0.482 e. The van der Waals surface area contributed by atoms with Crippen LogP contribution in [0.1, 0.15) is 22.8 Å². The second kappa shape index (κ2) is 8.18. The maximum atomic E-state index is 11.9. The minimum atomic E-state index is -0.579. The number of rotatable bonds is 6. The predicted molar refractivity (Wildman–Crippen MR) is 102 cm³/mol. The van der Waals surface area contributed by atoms with Gasteiger partial charge in [-0.1, -0.05) is 15.9 Å². The van der Waals surface area contributed by atoms with Crippen molar-refractivity contribution in [2.45, 2.75) is 13.5 Å². The smallest absolute Gasteiger partial charge is 0.344 e. The molecule has 0 spiro atoms. The normalized spacial score (nSPS) is 10.6. The molecule has 0 aliphatic carbocycles. The zero-order valence-electron chi connectivity index (χ0n) is 14.4. The minimum Gasteiger partial charge on any atom is -0.482 e. The Morgan fingerprint density at radius 3 is 2.52 bits per heavy atom. The van der Waals surface area contributed by atoms with Crippen LogP contribution >= 0.6 is 15.9 Å². The highest BCUT2D eigenvalue weighted by Crippen LogP contribution is 2.22. The van der Waals surface area contributed by atoms with Crippen LogP contribution in [0.5, 0.6) is 5.75 Å². The highest BCUT2D eigenvalue weighted by atomic mass is 79.9. The van der Waals surface area contributed by atoms with Crippen LogP contribution in [0.25, 0.3) is 11.0 Å². The average Bonchev–Trinajstić information content (AvgIpc) is 2.64. The molecular weight excluding hydrogens is 416 g/mol. The molecular formula is C20H15BrO6. The highest BCUT2D eigenvalue weighted by molar-refractivity contribution is 9.10. The quantitative estimate of drug-likeness (QED) is 0.335. The summed E-state index contributed by atoms with van der Waals surface area (Å²) in [6.07, 6.45) is 0. The maximum Gasteiger partial charge on any atom is 0.344 e. The molecule has 0 aliphatic heterocycles. The number of hydrogen-bond acceptors (Lipinski definition) is 6. The molecule has 6 nitrogen and oxygen atoms in total. The summed E-state index contributed by atoms with van der Waals surface area (Å²) in [7, 11) is 0. The summed E-state index contributed by atoms with van der Waals surface area (Å²) in [5, 5.41) is 0.686. The number of ketones is 1. The van der Waals surface area contributed by atoms with Gasteiger partial charge in [0.2, 0.25) is 0 Å². The van der Waals surface area contributed by atoms with Crippen LogP contribution in [0.3, 0.4) is 0 Å². The molecule has 3 aromatic rings. The number of hydrogen-bond donors (Lipinski definition) is 0. The number of benzene rings is 2. The van der Waals surface area contributed by atoms with Crippen LogP contribution in [0.4, 0.5) is 0 Å². The van der Waals surface area contributed by atoms with Gasteiger partial charge in [-0.15, -0.1) is 0 Å². The number of carbonyl (C=O) groups is 2. The lowest BCUT2D eigenvalue weighted by atomic mass is 10.1. The Labute approximate surface area is 162 Å². The Morgan fingerprint density at radius 2 is 1.81 bits per heavy atom. The molecule has 0 aliphatic rings. The van der Waals surface area contributed by atoms with Crippen molar-refractivity contribution in [1.82, 2.24) is 0 Å². The van der Waals surface area contributed by atoms with Crippen LogP contribution in [-0.2, 0) is 16.1 Å². The minimum absolute atomic E-state index is 0.0486. The molecule has 0 N–H and O–H groups in total. The average molecular weight is 431 g/mol. The van der Waals surface area contributed by atoms with Crippen LogP contribution in [0, 0.1) is 0 Å². The van der Waals surface area contributed by atoms with Gasteiger partial charge >= 0.3 is 11.6 Å². The maximum absolute atomic E-state index is 11.9. The fourth-order valence-corrected chi connectivity index (χ4v) is 2.79. The van der Waals surface area contributed by atoms with E-state index in [-0.39, 0.29) is 19.0 Å². The predicted octanol–water partition coefficient (Wildman–Crippen LogP) is 3.88. The Kier molecular flexibility index (Phi) is 5.71. The number of Topliss-reactive ketones (excluding diaryl/α,β-unsaturated/α-hetero) is 1. The molecule has 7 heteroatoms. The molecule has 27 heavy (non-hydrogen) atoms. The number of esters is 1. The summed E-state index contributed by atoms with van der Waals surface area (Å²) in [4.78, 5) is 34.8. The van der Waals surface area contributed by atoms with Crippen LogP contribution in [-0.4, -0.2) is 18.4 Å². The molecule has 1 heterocycles. The molecule has 0 saturated carbocycles. The zero-order valence-corrected chi connectivity index (χ0v) is 15.9. The lowest BCUT2D eigenvalue weighted by molar-refractivity contribution is -0.147. The van der Waals surface area contributed by atoms with Gasteiger partial charge in [-0.2, -0.15) is 0 Å². The Hall–Kier alpha value is -2.93. The van der Waals surface area contributed by atoms with Gasteiger partial charge in [0.15, 0.2) is 12.4 Å². The van der Waals surface area contributed by atoms with Crippen LogP contribution in [0.2, 0.25) is 0 Å². The molecule has 0 bridgehead atoms. The van der Waals surface area contributed by atoms with Gasteiger partial charge in [-0.05, 0) is 49.4 Å². The number of halogens is 1. The lowest BCUT2D eigenvalue weighted by Crippen LogP contribution is -2.15. The molecule has 0 radical (unpaired) electrons. The first-order chi connectivity index (χ1) is 12.9. The van der Waals surface area contributed by atoms with Crippen molar-refractivity contribution in [1.29, 1.82) is 0 Å². The lowest BCUT2D eigenvalue weighted by Gasteiger charge is -2.09.